The summed E-state index contributed by atoms with van der Waals surface area (Å²) in [5.41, 5.74) is 9.20. The summed E-state index contributed by atoms with van der Waals surface area (Å²) in [5, 5.41) is 13.9. The minimum absolute atomic E-state index is 0.713. The fourth-order valence-electron chi connectivity index (χ4n) is 2.05. The van der Waals surface area contributed by atoms with Crippen molar-refractivity contribution in [3.8, 4) is 0 Å². The Balaban J connectivity index is 1.75. The lowest BCUT2D eigenvalue weighted by atomic mass is 10.1. The number of H-pyrrole nitrogens is 1. The number of rotatable bonds is 2. The number of benzene rings is 1. The van der Waals surface area contributed by atoms with Crippen LogP contribution in [0.3, 0.4) is 0 Å². The predicted octanol–water partition coefficient (Wildman–Crippen LogP) is 0.298. The van der Waals surface area contributed by atoms with Gasteiger partial charge >= 0.3 is 0 Å². The average Bonchev–Trinajstić information content (AvgIpc) is 2.86. The summed E-state index contributed by atoms with van der Waals surface area (Å²) < 4.78 is 0. The van der Waals surface area contributed by atoms with Gasteiger partial charge in [0.25, 0.3) is 0 Å². The minimum atomic E-state index is 0.713. The largest absolute Gasteiger partial charge is 0.399 e. The molecule has 0 saturated heterocycles. The van der Waals surface area contributed by atoms with Crippen LogP contribution in [0.4, 0.5) is 5.69 Å². The molecule has 0 spiro atoms. The lowest BCUT2D eigenvalue weighted by Crippen LogP contribution is -2.16. The summed E-state index contributed by atoms with van der Waals surface area (Å²) in [6, 6.07) is 6.06. The number of hydrogen-bond donors (Lipinski definition) is 2. The molecule has 3 N–H and O–H groups in total. The van der Waals surface area contributed by atoms with E-state index in [1.165, 1.54) is 11.1 Å². The van der Waals surface area contributed by atoms with Gasteiger partial charge in [-0.3, -0.25) is 4.90 Å². The van der Waals surface area contributed by atoms with Gasteiger partial charge in [-0.15, -0.1) is 10.2 Å². The summed E-state index contributed by atoms with van der Waals surface area (Å²) in [6.45, 7) is 2.53. The summed E-state index contributed by atoms with van der Waals surface area (Å²) in [7, 11) is 0. The first-order valence-electron chi connectivity index (χ1n) is 5.13. The molecule has 1 aromatic heterocycles. The maximum Gasteiger partial charge on any atom is 0.188 e. The van der Waals surface area contributed by atoms with E-state index in [0.29, 0.717) is 6.54 Å². The highest BCUT2D eigenvalue weighted by Crippen LogP contribution is 2.25. The van der Waals surface area contributed by atoms with E-state index in [4.69, 9.17) is 5.73 Å². The van der Waals surface area contributed by atoms with Gasteiger partial charge < -0.3 is 5.73 Å². The molecule has 6 heteroatoms. The van der Waals surface area contributed by atoms with Crippen LogP contribution in [0.1, 0.15) is 17.0 Å². The Morgan fingerprint density at radius 1 is 1.31 bits per heavy atom. The number of anilines is 1. The average molecular weight is 216 g/mol. The first-order chi connectivity index (χ1) is 7.81. The highest BCUT2D eigenvalue weighted by molar-refractivity contribution is 5.46. The van der Waals surface area contributed by atoms with E-state index < -0.39 is 0 Å². The van der Waals surface area contributed by atoms with Crippen LogP contribution in [0.5, 0.6) is 0 Å². The topological polar surface area (TPSA) is 83.7 Å². The van der Waals surface area contributed by atoms with Crippen molar-refractivity contribution in [2.24, 2.45) is 0 Å². The van der Waals surface area contributed by atoms with Crippen LogP contribution in [0.25, 0.3) is 0 Å². The predicted molar refractivity (Wildman–Crippen MR) is 58.0 cm³/mol. The van der Waals surface area contributed by atoms with E-state index in [0.717, 1.165) is 24.6 Å². The highest BCUT2D eigenvalue weighted by atomic mass is 15.5. The monoisotopic (exact) mass is 216 g/mol. The molecule has 2 heterocycles. The van der Waals surface area contributed by atoms with Gasteiger partial charge in [-0.05, 0) is 23.3 Å². The summed E-state index contributed by atoms with van der Waals surface area (Å²) in [5.74, 6) is 0.723. The van der Waals surface area contributed by atoms with Crippen molar-refractivity contribution in [3.05, 3.63) is 35.2 Å². The Labute approximate surface area is 92.5 Å². The van der Waals surface area contributed by atoms with E-state index in [2.05, 4.69) is 31.6 Å². The van der Waals surface area contributed by atoms with Crippen molar-refractivity contribution in [2.75, 3.05) is 5.73 Å². The zero-order valence-corrected chi connectivity index (χ0v) is 8.72. The summed E-state index contributed by atoms with van der Waals surface area (Å²) >= 11 is 0. The summed E-state index contributed by atoms with van der Waals surface area (Å²) in [6.07, 6.45) is 0. The van der Waals surface area contributed by atoms with Gasteiger partial charge in [-0.25, -0.2) is 0 Å². The molecular weight excluding hydrogens is 204 g/mol. The molecule has 1 aliphatic heterocycles. The maximum absolute atomic E-state index is 5.75. The van der Waals surface area contributed by atoms with E-state index in [1.807, 2.05) is 12.1 Å². The molecule has 0 radical (unpaired) electrons. The van der Waals surface area contributed by atoms with Crippen LogP contribution in [-0.4, -0.2) is 25.5 Å². The van der Waals surface area contributed by atoms with E-state index in [1.54, 1.807) is 0 Å². The third kappa shape index (κ3) is 1.63. The Kier molecular flexibility index (Phi) is 2.07. The number of nitrogens with two attached hydrogens (primary N) is 1. The van der Waals surface area contributed by atoms with E-state index >= 15 is 0 Å². The van der Waals surface area contributed by atoms with Crippen LogP contribution in [0, 0.1) is 0 Å². The second-order valence-electron chi connectivity index (χ2n) is 4.00. The number of nitrogen functional groups attached to an aromatic ring is 1. The lowest BCUT2D eigenvalue weighted by molar-refractivity contribution is 0.268. The molecule has 1 aromatic carbocycles. The fraction of sp³-hybridized carbons (Fsp3) is 0.300. The normalized spacial score (nSPS) is 15.2. The smallest absolute Gasteiger partial charge is 0.188 e. The number of nitrogens with one attached hydrogen (secondary N) is 1. The van der Waals surface area contributed by atoms with Gasteiger partial charge in [-0.2, -0.15) is 5.21 Å². The Morgan fingerprint density at radius 2 is 2.19 bits per heavy atom. The van der Waals surface area contributed by atoms with E-state index in [-0.39, 0.29) is 0 Å². The van der Waals surface area contributed by atoms with Crippen LogP contribution in [0.2, 0.25) is 0 Å². The first kappa shape index (κ1) is 9.29. The third-order valence-electron chi connectivity index (χ3n) is 2.77. The Bertz CT molecular complexity index is 492. The molecule has 6 nitrogen and oxygen atoms in total. The van der Waals surface area contributed by atoms with Gasteiger partial charge in [0, 0.05) is 18.8 Å². The standard InChI is InChI=1S/C10H12N6/c11-9-2-1-7-4-16(5-8(7)3-9)6-10-12-14-15-13-10/h1-3H,4-6,11H2,(H,12,13,14,15). The Morgan fingerprint density at radius 3 is 3.00 bits per heavy atom. The Hall–Kier alpha value is -1.95. The molecule has 1 aliphatic rings. The highest BCUT2D eigenvalue weighted by Gasteiger charge is 2.19. The minimum Gasteiger partial charge on any atom is -0.399 e. The molecule has 3 rings (SSSR count). The van der Waals surface area contributed by atoms with Gasteiger partial charge in [0.05, 0.1) is 6.54 Å². The fourth-order valence-corrected chi connectivity index (χ4v) is 2.05. The molecule has 2 aromatic rings. The molecule has 0 amide bonds. The maximum atomic E-state index is 5.75. The molecule has 0 aliphatic carbocycles. The molecule has 82 valence electrons. The molecule has 0 bridgehead atoms. The molecule has 16 heavy (non-hydrogen) atoms. The zero-order chi connectivity index (χ0) is 11.0. The third-order valence-corrected chi connectivity index (χ3v) is 2.77. The van der Waals surface area contributed by atoms with Crippen molar-refractivity contribution >= 4 is 5.69 Å². The number of aromatic nitrogens is 4. The SMILES string of the molecule is Nc1ccc2c(c1)CN(Cc1nn[nH]n1)C2. The van der Waals surface area contributed by atoms with Crippen molar-refractivity contribution in [1.29, 1.82) is 0 Å². The van der Waals surface area contributed by atoms with Crippen LogP contribution in [-0.2, 0) is 19.6 Å². The number of tetrazole rings is 1. The van der Waals surface area contributed by atoms with Crippen molar-refractivity contribution < 1.29 is 0 Å². The van der Waals surface area contributed by atoms with Crippen LogP contribution < -0.4 is 5.73 Å². The first-order valence-corrected chi connectivity index (χ1v) is 5.13. The van der Waals surface area contributed by atoms with Gasteiger partial charge in [-0.1, -0.05) is 11.3 Å². The molecule has 0 saturated carbocycles. The molecule has 0 unspecified atom stereocenters. The number of fused-ring (bicyclic) bond motifs is 1. The van der Waals surface area contributed by atoms with Crippen LogP contribution >= 0.6 is 0 Å². The van der Waals surface area contributed by atoms with E-state index in [9.17, 15) is 0 Å². The van der Waals surface area contributed by atoms with Gasteiger partial charge in [0.1, 0.15) is 0 Å². The van der Waals surface area contributed by atoms with Crippen molar-refractivity contribution in [3.63, 3.8) is 0 Å². The zero-order valence-electron chi connectivity index (χ0n) is 8.72. The van der Waals surface area contributed by atoms with Crippen LogP contribution in [0.15, 0.2) is 18.2 Å². The number of nitrogens with zero attached hydrogens (tertiary/aromatic N) is 4. The van der Waals surface area contributed by atoms with Gasteiger partial charge in [0.15, 0.2) is 5.82 Å². The molecular formula is C10H12N6. The second kappa shape index (κ2) is 3.57. The van der Waals surface area contributed by atoms with Gasteiger partial charge in [0.2, 0.25) is 0 Å². The lowest BCUT2D eigenvalue weighted by Gasteiger charge is -2.10. The second-order valence-corrected chi connectivity index (χ2v) is 4.00. The quantitative estimate of drug-likeness (QED) is 0.705. The van der Waals surface area contributed by atoms with Crippen molar-refractivity contribution in [2.45, 2.75) is 19.6 Å². The van der Waals surface area contributed by atoms with Crippen molar-refractivity contribution in [1.82, 2.24) is 25.5 Å². The molecule has 0 atom stereocenters. The summed E-state index contributed by atoms with van der Waals surface area (Å²) in [4.78, 5) is 2.26. The molecule has 0 fully saturated rings. The number of hydrogen-bond acceptors (Lipinski definition) is 5. The number of aromatic amines is 1.